The van der Waals surface area contributed by atoms with E-state index < -0.39 is 44.6 Å². The zero-order valence-corrected chi connectivity index (χ0v) is 25.2. The van der Waals surface area contributed by atoms with Crippen LogP contribution >= 0.6 is 0 Å². The Bertz CT molecular complexity index is 1800. The number of amides is 2. The Hall–Kier alpha value is -4.76. The average molecular weight is 648 g/mol. The molecule has 0 aliphatic heterocycles. The molecule has 1 aromatic heterocycles. The second kappa shape index (κ2) is 13.5. The summed E-state index contributed by atoms with van der Waals surface area (Å²) in [4.78, 5) is 23.8. The van der Waals surface area contributed by atoms with Crippen LogP contribution in [0, 0.1) is 11.6 Å². The molecule has 0 bridgehead atoms. The fraction of sp³-hybridized carbons (Fsp3) is 0.200. The van der Waals surface area contributed by atoms with Crippen molar-refractivity contribution >= 4 is 50.3 Å². The Morgan fingerprint density at radius 1 is 0.956 bits per heavy atom. The molecule has 1 heterocycles. The van der Waals surface area contributed by atoms with E-state index in [1.54, 1.807) is 30.5 Å². The lowest BCUT2D eigenvalue weighted by Gasteiger charge is -2.16. The van der Waals surface area contributed by atoms with Crippen LogP contribution in [0.4, 0.5) is 55.6 Å². The van der Waals surface area contributed by atoms with Gasteiger partial charge in [-0.15, -0.1) is 0 Å². The second-order valence-electron chi connectivity index (χ2n) is 10.3. The van der Waals surface area contributed by atoms with Gasteiger partial charge in [0, 0.05) is 41.7 Å². The minimum absolute atomic E-state index is 0.239. The van der Waals surface area contributed by atoms with Crippen LogP contribution in [0.5, 0.6) is 0 Å². The van der Waals surface area contributed by atoms with Gasteiger partial charge in [0.2, 0.25) is 5.95 Å². The van der Waals surface area contributed by atoms with E-state index in [1.165, 1.54) is 18.3 Å². The molecule has 0 saturated heterocycles. The molecular formula is C30H30F5N7O2S. The van der Waals surface area contributed by atoms with E-state index in [1.807, 2.05) is 24.3 Å². The maximum Gasteiger partial charge on any atom is 0.416 e. The fourth-order valence-corrected chi connectivity index (χ4v) is 4.71. The van der Waals surface area contributed by atoms with Crippen LogP contribution in [0.3, 0.4) is 0 Å². The monoisotopic (exact) mass is 647 g/mol. The third-order valence-electron chi connectivity index (χ3n) is 6.32. The first-order valence-corrected chi connectivity index (χ1v) is 15.4. The molecule has 45 heavy (non-hydrogen) atoms. The molecule has 0 radical (unpaired) electrons. The second-order valence-corrected chi connectivity index (χ2v) is 12.8. The highest BCUT2D eigenvalue weighted by atomic mass is 32.2. The third-order valence-corrected chi connectivity index (χ3v) is 7.59. The van der Waals surface area contributed by atoms with E-state index in [0.29, 0.717) is 58.8 Å². The SMILES string of the molecule is C=S(C)(=O)c1ccc(Nc2ncc(-c3ccc(NC(=O)Nc4cc(C(F)(F)F)ccc4F)c(F)c3)c(NCCN(C)C)n2)cc1. The number of hydrogen-bond acceptors (Lipinski definition) is 7. The summed E-state index contributed by atoms with van der Waals surface area (Å²) < 4.78 is 80.3. The molecule has 0 spiro atoms. The normalized spacial score (nSPS) is 12.8. The maximum absolute atomic E-state index is 15.1. The van der Waals surface area contributed by atoms with Gasteiger partial charge in [0.05, 0.1) is 16.9 Å². The molecule has 0 saturated carbocycles. The van der Waals surface area contributed by atoms with Crippen molar-refractivity contribution in [3.8, 4) is 11.1 Å². The molecule has 9 nitrogen and oxygen atoms in total. The van der Waals surface area contributed by atoms with Gasteiger partial charge in [-0.1, -0.05) is 6.07 Å². The molecule has 4 rings (SSSR count). The van der Waals surface area contributed by atoms with Gasteiger partial charge in [-0.2, -0.15) is 18.2 Å². The molecule has 238 valence electrons. The van der Waals surface area contributed by atoms with Gasteiger partial charge in [0.25, 0.3) is 0 Å². The average Bonchev–Trinajstić information content (AvgIpc) is 2.94. The Morgan fingerprint density at radius 3 is 2.27 bits per heavy atom. The Labute approximate surface area is 256 Å². The number of rotatable bonds is 10. The molecule has 4 aromatic rings. The number of likely N-dealkylation sites (N-methyl/N-ethyl adjacent to an activating group) is 1. The van der Waals surface area contributed by atoms with Crippen LogP contribution in [0.2, 0.25) is 0 Å². The quantitative estimate of drug-likeness (QED) is 0.115. The summed E-state index contributed by atoms with van der Waals surface area (Å²) >= 11 is 0. The van der Waals surface area contributed by atoms with Crippen LogP contribution in [0.1, 0.15) is 5.56 Å². The number of halogens is 5. The Morgan fingerprint density at radius 2 is 1.64 bits per heavy atom. The van der Waals surface area contributed by atoms with Gasteiger partial charge in [-0.05, 0) is 89.6 Å². The lowest BCUT2D eigenvalue weighted by Crippen LogP contribution is -2.21. The molecule has 4 N–H and O–H groups in total. The lowest BCUT2D eigenvalue weighted by atomic mass is 10.1. The summed E-state index contributed by atoms with van der Waals surface area (Å²) in [5, 5.41) is 10.4. The summed E-state index contributed by atoms with van der Waals surface area (Å²) in [5.41, 5.74) is -0.738. The van der Waals surface area contributed by atoms with Crippen LogP contribution in [0.15, 0.2) is 71.8 Å². The highest BCUT2D eigenvalue weighted by Crippen LogP contribution is 2.33. The predicted octanol–water partition coefficient (Wildman–Crippen LogP) is 6.51. The smallest absolute Gasteiger partial charge is 0.368 e. The summed E-state index contributed by atoms with van der Waals surface area (Å²) in [6.45, 7) is 1.15. The standard InChI is InChI=1S/C30H30F5N7O2S/c1-42(2)14-13-36-27-22(17-37-28(41-27)38-20-7-9-21(10-8-20)45(3,4)44)18-5-12-25(24(32)15-18)39-29(43)40-26-16-19(30(33,34)35)6-11-23(26)31/h5-12,15-17H,3,13-14H2,1-2,4H3,(H2,39,40,43)(H2,36,37,38,41). The molecule has 0 aliphatic rings. The zero-order chi connectivity index (χ0) is 32.9. The molecule has 0 aliphatic carbocycles. The summed E-state index contributed by atoms with van der Waals surface area (Å²) in [7, 11) is 1.43. The van der Waals surface area contributed by atoms with E-state index in [0.717, 1.165) is 6.07 Å². The van der Waals surface area contributed by atoms with Crippen molar-refractivity contribution in [1.82, 2.24) is 14.9 Å². The topological polar surface area (TPSA) is 111 Å². The Balaban J connectivity index is 1.55. The number of carbonyl (C=O) groups excluding carboxylic acids is 1. The van der Waals surface area contributed by atoms with Crippen LogP contribution < -0.4 is 21.3 Å². The van der Waals surface area contributed by atoms with Crippen molar-refractivity contribution in [1.29, 1.82) is 0 Å². The molecule has 1 atom stereocenters. The fourth-order valence-electron chi connectivity index (χ4n) is 4.00. The number of hydrogen-bond donors (Lipinski definition) is 4. The summed E-state index contributed by atoms with van der Waals surface area (Å²) in [6.07, 6.45) is -1.72. The minimum atomic E-state index is -4.75. The van der Waals surface area contributed by atoms with Gasteiger partial charge >= 0.3 is 12.2 Å². The summed E-state index contributed by atoms with van der Waals surface area (Å²) in [5.74, 6) is 2.34. The van der Waals surface area contributed by atoms with Gasteiger partial charge in [-0.25, -0.2) is 18.6 Å². The van der Waals surface area contributed by atoms with Crippen LogP contribution in [0.25, 0.3) is 11.1 Å². The first-order chi connectivity index (χ1) is 21.1. The molecule has 1 unspecified atom stereocenters. The molecule has 0 fully saturated rings. The third kappa shape index (κ3) is 8.89. The van der Waals surface area contributed by atoms with Gasteiger partial charge in [0.15, 0.2) is 0 Å². The molecule has 3 aromatic carbocycles. The number of carbonyl (C=O) groups is 1. The van der Waals surface area contributed by atoms with Crippen molar-refractivity contribution in [3.05, 3.63) is 84.1 Å². The first kappa shape index (κ1) is 33.1. The highest BCUT2D eigenvalue weighted by Gasteiger charge is 2.31. The van der Waals surface area contributed by atoms with Gasteiger partial charge < -0.3 is 26.2 Å². The van der Waals surface area contributed by atoms with Crippen LogP contribution in [-0.2, 0) is 15.7 Å². The molecule has 2 amide bonds. The van der Waals surface area contributed by atoms with Gasteiger partial charge in [-0.3, -0.25) is 4.21 Å². The van der Waals surface area contributed by atoms with E-state index in [-0.39, 0.29) is 11.6 Å². The van der Waals surface area contributed by atoms with E-state index in [2.05, 4.69) is 31.8 Å². The zero-order valence-electron chi connectivity index (χ0n) is 24.4. The predicted molar refractivity (Wildman–Crippen MR) is 168 cm³/mol. The van der Waals surface area contributed by atoms with E-state index in [4.69, 9.17) is 0 Å². The number of nitrogens with one attached hydrogen (secondary N) is 4. The minimum Gasteiger partial charge on any atom is -0.368 e. The number of benzene rings is 3. The van der Waals surface area contributed by atoms with Crippen molar-refractivity contribution in [2.75, 3.05) is 54.7 Å². The van der Waals surface area contributed by atoms with E-state index >= 15 is 4.39 Å². The van der Waals surface area contributed by atoms with E-state index in [9.17, 15) is 26.6 Å². The maximum atomic E-state index is 15.1. The van der Waals surface area contributed by atoms with Gasteiger partial charge in [0.1, 0.15) is 17.5 Å². The van der Waals surface area contributed by atoms with Crippen molar-refractivity contribution < 1.29 is 31.0 Å². The van der Waals surface area contributed by atoms with Crippen molar-refractivity contribution in [2.24, 2.45) is 0 Å². The number of nitrogens with zero attached hydrogens (tertiary/aromatic N) is 3. The lowest BCUT2D eigenvalue weighted by molar-refractivity contribution is -0.137. The Kier molecular flexibility index (Phi) is 9.93. The molecule has 15 heteroatoms. The number of urea groups is 1. The first-order valence-electron chi connectivity index (χ1n) is 13.3. The number of anilines is 5. The molecular weight excluding hydrogens is 617 g/mol. The largest absolute Gasteiger partial charge is 0.416 e. The summed E-state index contributed by atoms with van der Waals surface area (Å²) in [6, 6.07) is 11.1. The van der Waals surface area contributed by atoms with Crippen molar-refractivity contribution in [3.63, 3.8) is 0 Å². The highest BCUT2D eigenvalue weighted by molar-refractivity contribution is 7.99. The number of alkyl halides is 3. The number of aromatic nitrogens is 2. The van der Waals surface area contributed by atoms with Crippen LogP contribution in [-0.4, -0.2) is 64.4 Å². The van der Waals surface area contributed by atoms with Crippen molar-refractivity contribution in [2.45, 2.75) is 11.1 Å².